The molecule has 3 aromatic carbocycles. The summed E-state index contributed by atoms with van der Waals surface area (Å²) < 4.78 is 13.2. The molecule has 0 saturated heterocycles. The van der Waals surface area contributed by atoms with Crippen LogP contribution in [0.1, 0.15) is 12.5 Å². The van der Waals surface area contributed by atoms with Crippen molar-refractivity contribution in [2.45, 2.75) is 13.3 Å². The number of hydrogen-bond acceptors (Lipinski definition) is 0. The van der Waals surface area contributed by atoms with Gasteiger partial charge in [-0.05, 0) is 45.7 Å². The second-order valence-corrected chi connectivity index (χ2v) is 4.34. The molecule has 0 fully saturated rings. The van der Waals surface area contributed by atoms with Gasteiger partial charge >= 0.3 is 0 Å². The third-order valence-corrected chi connectivity index (χ3v) is 3.27. The van der Waals surface area contributed by atoms with Crippen LogP contribution in [0.2, 0.25) is 0 Å². The van der Waals surface area contributed by atoms with Gasteiger partial charge in [0, 0.05) is 0 Å². The maximum Gasteiger partial charge on any atom is 0.123 e. The van der Waals surface area contributed by atoms with E-state index in [9.17, 15) is 4.39 Å². The van der Waals surface area contributed by atoms with Crippen LogP contribution in [0.25, 0.3) is 21.5 Å². The molecular weight excluding hydrogens is 211 g/mol. The number of halogens is 1. The van der Waals surface area contributed by atoms with Gasteiger partial charge in [-0.2, -0.15) is 0 Å². The zero-order valence-corrected chi connectivity index (χ0v) is 9.70. The summed E-state index contributed by atoms with van der Waals surface area (Å²) in [5, 5.41) is 4.50. The molecule has 0 saturated carbocycles. The van der Waals surface area contributed by atoms with Gasteiger partial charge in [0.05, 0.1) is 0 Å². The van der Waals surface area contributed by atoms with Crippen molar-refractivity contribution < 1.29 is 4.39 Å². The van der Waals surface area contributed by atoms with E-state index in [0.717, 1.165) is 17.2 Å². The maximum atomic E-state index is 13.2. The number of fused-ring (bicyclic) bond motifs is 3. The van der Waals surface area contributed by atoms with Crippen LogP contribution in [0.4, 0.5) is 4.39 Å². The van der Waals surface area contributed by atoms with Gasteiger partial charge in [0.2, 0.25) is 0 Å². The summed E-state index contributed by atoms with van der Waals surface area (Å²) in [6.45, 7) is 2.15. The zero-order valence-electron chi connectivity index (χ0n) is 9.70. The molecule has 1 heteroatoms. The van der Waals surface area contributed by atoms with Crippen LogP contribution in [-0.4, -0.2) is 0 Å². The average molecular weight is 224 g/mol. The first-order valence-corrected chi connectivity index (χ1v) is 5.89. The van der Waals surface area contributed by atoms with Gasteiger partial charge in [0.1, 0.15) is 5.82 Å². The van der Waals surface area contributed by atoms with E-state index >= 15 is 0 Å². The van der Waals surface area contributed by atoms with Crippen molar-refractivity contribution in [1.82, 2.24) is 0 Å². The largest absolute Gasteiger partial charge is 0.207 e. The van der Waals surface area contributed by atoms with Gasteiger partial charge in [-0.1, -0.05) is 43.3 Å². The number of hydrogen-bond donors (Lipinski definition) is 0. The van der Waals surface area contributed by atoms with Gasteiger partial charge < -0.3 is 0 Å². The minimum atomic E-state index is -0.179. The molecule has 0 aliphatic heterocycles. The normalized spacial score (nSPS) is 11.2. The highest BCUT2D eigenvalue weighted by Crippen LogP contribution is 2.26. The summed E-state index contributed by atoms with van der Waals surface area (Å²) in [4.78, 5) is 0. The highest BCUT2D eigenvalue weighted by molar-refractivity contribution is 6.07. The zero-order chi connectivity index (χ0) is 11.8. The quantitative estimate of drug-likeness (QED) is 0.526. The SMILES string of the molecule is CCc1ccc2c(ccc3cc(F)ccc32)c1. The van der Waals surface area contributed by atoms with Crippen molar-refractivity contribution in [3.63, 3.8) is 0 Å². The monoisotopic (exact) mass is 224 g/mol. The van der Waals surface area contributed by atoms with E-state index in [4.69, 9.17) is 0 Å². The van der Waals surface area contributed by atoms with Crippen LogP contribution in [0.5, 0.6) is 0 Å². The van der Waals surface area contributed by atoms with Crippen molar-refractivity contribution in [2.75, 3.05) is 0 Å². The molecule has 0 atom stereocenters. The minimum absolute atomic E-state index is 0.179. The lowest BCUT2D eigenvalue weighted by Crippen LogP contribution is -1.83. The third-order valence-electron chi connectivity index (χ3n) is 3.27. The Hall–Kier alpha value is -1.89. The van der Waals surface area contributed by atoms with Gasteiger partial charge in [-0.15, -0.1) is 0 Å². The van der Waals surface area contributed by atoms with E-state index < -0.39 is 0 Å². The van der Waals surface area contributed by atoms with Crippen molar-refractivity contribution in [1.29, 1.82) is 0 Å². The molecule has 0 aromatic heterocycles. The Labute approximate surface area is 99.7 Å². The Balaban J connectivity index is 2.40. The first-order chi connectivity index (χ1) is 8.28. The number of rotatable bonds is 1. The lowest BCUT2D eigenvalue weighted by Gasteiger charge is -2.05. The smallest absolute Gasteiger partial charge is 0.123 e. The molecule has 0 aliphatic carbocycles. The predicted octanol–water partition coefficient (Wildman–Crippen LogP) is 4.69. The molecule has 0 unspecified atom stereocenters. The Kier molecular flexibility index (Phi) is 2.32. The van der Waals surface area contributed by atoms with Crippen molar-refractivity contribution in [3.05, 3.63) is 59.9 Å². The summed E-state index contributed by atoms with van der Waals surface area (Å²) in [6.07, 6.45) is 1.04. The van der Waals surface area contributed by atoms with E-state index in [2.05, 4.69) is 31.2 Å². The third kappa shape index (κ3) is 1.68. The molecule has 84 valence electrons. The predicted molar refractivity (Wildman–Crippen MR) is 70.8 cm³/mol. The lowest BCUT2D eigenvalue weighted by molar-refractivity contribution is 0.630. The topological polar surface area (TPSA) is 0 Å². The maximum absolute atomic E-state index is 13.2. The Bertz CT molecular complexity index is 698. The highest BCUT2D eigenvalue weighted by Gasteiger charge is 2.02. The van der Waals surface area contributed by atoms with E-state index in [1.54, 1.807) is 6.07 Å². The molecule has 0 aliphatic rings. The fraction of sp³-hybridized carbons (Fsp3) is 0.125. The van der Waals surface area contributed by atoms with Crippen molar-refractivity contribution in [3.8, 4) is 0 Å². The van der Waals surface area contributed by atoms with Gasteiger partial charge in [0.25, 0.3) is 0 Å². The van der Waals surface area contributed by atoms with Crippen LogP contribution in [0.3, 0.4) is 0 Å². The highest BCUT2D eigenvalue weighted by atomic mass is 19.1. The molecule has 0 N–H and O–H groups in total. The summed E-state index contributed by atoms with van der Waals surface area (Å²) in [7, 11) is 0. The van der Waals surface area contributed by atoms with E-state index in [1.807, 2.05) is 12.1 Å². The molecule has 0 nitrogen and oxygen atoms in total. The molecular formula is C16H13F. The van der Waals surface area contributed by atoms with Gasteiger partial charge in [0.15, 0.2) is 0 Å². The van der Waals surface area contributed by atoms with E-state index in [-0.39, 0.29) is 5.82 Å². The Morgan fingerprint density at radius 3 is 2.18 bits per heavy atom. The molecule has 3 aromatic rings. The summed E-state index contributed by atoms with van der Waals surface area (Å²) in [6, 6.07) is 15.5. The first kappa shape index (κ1) is 10.3. The fourth-order valence-electron chi connectivity index (χ4n) is 2.31. The Morgan fingerprint density at radius 2 is 1.47 bits per heavy atom. The van der Waals surface area contributed by atoms with Crippen molar-refractivity contribution in [2.24, 2.45) is 0 Å². The molecule has 0 amide bonds. The molecule has 17 heavy (non-hydrogen) atoms. The second-order valence-electron chi connectivity index (χ2n) is 4.34. The Morgan fingerprint density at radius 1 is 0.824 bits per heavy atom. The fourth-order valence-corrected chi connectivity index (χ4v) is 2.31. The molecule has 0 radical (unpaired) electrons. The van der Waals surface area contributed by atoms with E-state index in [1.165, 1.54) is 22.4 Å². The summed E-state index contributed by atoms with van der Waals surface area (Å²) in [5.74, 6) is -0.179. The summed E-state index contributed by atoms with van der Waals surface area (Å²) in [5.41, 5.74) is 1.33. The van der Waals surface area contributed by atoms with Gasteiger partial charge in [-0.25, -0.2) is 4.39 Å². The molecule has 0 heterocycles. The minimum Gasteiger partial charge on any atom is -0.207 e. The van der Waals surface area contributed by atoms with E-state index in [0.29, 0.717) is 0 Å². The van der Waals surface area contributed by atoms with Crippen molar-refractivity contribution >= 4 is 21.5 Å². The van der Waals surface area contributed by atoms with Crippen LogP contribution >= 0.6 is 0 Å². The number of aryl methyl sites for hydroxylation is 1. The molecule has 3 rings (SSSR count). The average Bonchev–Trinajstić information content (AvgIpc) is 2.37. The van der Waals surface area contributed by atoms with Crippen LogP contribution in [0.15, 0.2) is 48.5 Å². The molecule has 0 spiro atoms. The first-order valence-electron chi connectivity index (χ1n) is 5.89. The second kappa shape index (κ2) is 3.85. The van der Waals surface area contributed by atoms with Gasteiger partial charge in [-0.3, -0.25) is 0 Å². The summed E-state index contributed by atoms with van der Waals surface area (Å²) >= 11 is 0. The number of benzene rings is 3. The molecule has 0 bridgehead atoms. The standard InChI is InChI=1S/C16H13F/c1-2-11-3-7-15-12(9-11)4-5-13-10-14(17)6-8-16(13)15/h3-10H,2H2,1H3. The lowest BCUT2D eigenvalue weighted by atomic mass is 9.99. The van der Waals surface area contributed by atoms with Crippen LogP contribution < -0.4 is 0 Å². The van der Waals surface area contributed by atoms with Crippen LogP contribution in [0, 0.1) is 5.82 Å². The van der Waals surface area contributed by atoms with Crippen LogP contribution in [-0.2, 0) is 6.42 Å².